The van der Waals surface area contributed by atoms with Gasteiger partial charge in [-0.15, -0.1) is 0 Å². The van der Waals surface area contributed by atoms with Crippen molar-refractivity contribution >= 4 is 17.2 Å². The molecule has 4 aliphatic carbocycles. The van der Waals surface area contributed by atoms with Gasteiger partial charge in [0.05, 0.1) is 5.71 Å². The summed E-state index contributed by atoms with van der Waals surface area (Å²) in [6.45, 7) is 2.40. The first kappa shape index (κ1) is 25.2. The molecular weight excluding hydrogens is 452 g/mol. The largest absolute Gasteiger partial charge is 0.411 e. The van der Waals surface area contributed by atoms with Crippen LogP contribution in [0.1, 0.15) is 63.4 Å². The highest BCUT2D eigenvalue weighted by atomic mass is 16.5. The Balaban J connectivity index is 1.66. The topological polar surface area (TPSA) is 71.4 Å². The second-order valence-corrected chi connectivity index (χ2v) is 11.5. The van der Waals surface area contributed by atoms with E-state index in [0.29, 0.717) is 11.8 Å². The molecule has 36 heavy (non-hydrogen) atoms. The molecule has 2 fully saturated rings. The molecule has 0 unspecified atom stereocenters. The summed E-state index contributed by atoms with van der Waals surface area (Å²) in [4.78, 5) is 15.7. The van der Waals surface area contributed by atoms with Crippen molar-refractivity contribution < 1.29 is 19.5 Å². The number of benzene rings is 1. The third-order valence-corrected chi connectivity index (χ3v) is 9.88. The lowest BCUT2D eigenvalue weighted by Gasteiger charge is -2.55. The van der Waals surface area contributed by atoms with Crippen LogP contribution in [0.3, 0.4) is 0 Å². The third kappa shape index (κ3) is 3.67. The summed E-state index contributed by atoms with van der Waals surface area (Å²) in [7, 11) is 7.44. The highest BCUT2D eigenvalue weighted by Gasteiger charge is 2.66. The van der Waals surface area contributed by atoms with Gasteiger partial charge in [0.15, 0.2) is 5.78 Å². The Morgan fingerprint density at radius 3 is 2.53 bits per heavy atom. The van der Waals surface area contributed by atoms with Crippen molar-refractivity contribution in [1.29, 1.82) is 0 Å². The van der Waals surface area contributed by atoms with E-state index in [2.05, 4.69) is 61.4 Å². The molecular formula is C30H40N2O4. The SMILES string of the molecule is COCC(=O)[C@@]1(OC)CC[C@H]2[C@@H]3CCC4=CC(=NO)CCC4=C3[C@@H](c3ccc(N(C)C)cc3)C[C@@]21C. The first-order valence-electron chi connectivity index (χ1n) is 13.3. The van der Waals surface area contributed by atoms with Crippen molar-refractivity contribution in [3.63, 3.8) is 0 Å². The van der Waals surface area contributed by atoms with Crippen molar-refractivity contribution in [2.24, 2.45) is 22.4 Å². The second kappa shape index (κ2) is 9.46. The number of fused-ring (bicyclic) bond motifs is 4. The van der Waals surface area contributed by atoms with Crippen LogP contribution in [0.2, 0.25) is 0 Å². The number of carbonyl (C=O) groups excluding carboxylic acids is 1. The Morgan fingerprint density at radius 1 is 1.14 bits per heavy atom. The molecule has 0 aliphatic heterocycles. The number of ketones is 1. The molecule has 1 aromatic carbocycles. The molecule has 5 rings (SSSR count). The van der Waals surface area contributed by atoms with Gasteiger partial charge in [-0.05, 0) is 91.7 Å². The molecule has 6 heteroatoms. The highest BCUT2D eigenvalue weighted by molar-refractivity contribution is 5.97. The molecule has 194 valence electrons. The first-order valence-corrected chi connectivity index (χ1v) is 13.3. The summed E-state index contributed by atoms with van der Waals surface area (Å²) < 4.78 is 11.6. The summed E-state index contributed by atoms with van der Waals surface area (Å²) in [6.07, 6.45) is 8.49. The smallest absolute Gasteiger partial charge is 0.190 e. The highest BCUT2D eigenvalue weighted by Crippen LogP contribution is 2.67. The summed E-state index contributed by atoms with van der Waals surface area (Å²) in [5.41, 5.74) is 6.56. The average molecular weight is 493 g/mol. The summed E-state index contributed by atoms with van der Waals surface area (Å²) in [6, 6.07) is 8.96. The fraction of sp³-hybridized carbons (Fsp3) is 0.600. The number of oxime groups is 1. The predicted molar refractivity (Wildman–Crippen MR) is 142 cm³/mol. The van der Waals surface area contributed by atoms with Gasteiger partial charge >= 0.3 is 0 Å². The number of anilines is 1. The van der Waals surface area contributed by atoms with Crippen molar-refractivity contribution in [2.75, 3.05) is 39.8 Å². The van der Waals surface area contributed by atoms with Crippen LogP contribution in [-0.4, -0.2) is 57.2 Å². The number of nitrogens with zero attached hydrogens (tertiary/aromatic N) is 2. The van der Waals surface area contributed by atoms with Gasteiger partial charge in [0, 0.05) is 45.3 Å². The molecule has 0 heterocycles. The third-order valence-electron chi connectivity index (χ3n) is 9.88. The Kier molecular flexibility index (Phi) is 6.63. The molecule has 0 amide bonds. The maximum Gasteiger partial charge on any atom is 0.190 e. The lowest BCUT2D eigenvalue weighted by Crippen LogP contribution is -2.57. The van der Waals surface area contributed by atoms with Gasteiger partial charge in [0.2, 0.25) is 0 Å². The number of rotatable bonds is 6. The number of methoxy groups -OCH3 is 2. The molecule has 2 saturated carbocycles. The van der Waals surface area contributed by atoms with Crippen LogP contribution < -0.4 is 4.90 Å². The minimum Gasteiger partial charge on any atom is -0.411 e. The average Bonchev–Trinajstić information content (AvgIpc) is 3.20. The van der Waals surface area contributed by atoms with E-state index in [1.54, 1.807) is 19.8 Å². The van der Waals surface area contributed by atoms with E-state index in [4.69, 9.17) is 9.47 Å². The molecule has 0 spiro atoms. The van der Waals surface area contributed by atoms with E-state index in [9.17, 15) is 10.0 Å². The Hall–Kier alpha value is -2.44. The first-order chi connectivity index (χ1) is 17.3. The fourth-order valence-electron chi connectivity index (χ4n) is 8.20. The van der Waals surface area contributed by atoms with E-state index in [-0.39, 0.29) is 23.7 Å². The van der Waals surface area contributed by atoms with Crippen LogP contribution in [0.25, 0.3) is 0 Å². The second-order valence-electron chi connectivity index (χ2n) is 11.5. The van der Waals surface area contributed by atoms with Crippen molar-refractivity contribution in [1.82, 2.24) is 0 Å². The van der Waals surface area contributed by atoms with E-state index in [1.807, 2.05) is 0 Å². The molecule has 0 aromatic heterocycles. The van der Waals surface area contributed by atoms with Crippen molar-refractivity contribution in [3.05, 3.63) is 52.6 Å². The monoisotopic (exact) mass is 492 g/mol. The molecule has 0 radical (unpaired) electrons. The number of hydrogen-bond donors (Lipinski definition) is 1. The number of carbonyl (C=O) groups is 1. The van der Waals surface area contributed by atoms with Crippen molar-refractivity contribution in [3.8, 4) is 0 Å². The number of allylic oxidation sites excluding steroid dienone is 4. The standard InChI is InChI=1S/C30H40N2O4/c1-29-17-25(19-6-10-22(11-7-19)32(2)3)28-23-13-9-21(31-34)16-20(23)8-12-24(28)26(29)14-15-30(29,36-5)27(33)18-35-4/h6-7,10-11,16,24-26,34H,8-9,12-15,17-18H2,1-5H3/t24-,25+,26-,29-,30-/m0/s1. The quantitative estimate of drug-likeness (QED) is 0.419. The normalized spacial score (nSPS) is 34.6. The van der Waals surface area contributed by atoms with E-state index in [0.717, 1.165) is 50.7 Å². The lowest BCUT2D eigenvalue weighted by molar-refractivity contribution is -0.166. The summed E-state index contributed by atoms with van der Waals surface area (Å²) in [5, 5.41) is 12.9. The van der Waals surface area contributed by atoms with Crippen molar-refractivity contribution in [2.45, 2.75) is 63.4 Å². The van der Waals surface area contributed by atoms with Crippen LogP contribution in [0.15, 0.2) is 52.2 Å². The number of hydrogen-bond acceptors (Lipinski definition) is 6. The van der Waals surface area contributed by atoms with Gasteiger partial charge < -0.3 is 19.6 Å². The maximum absolute atomic E-state index is 13.6. The molecule has 4 aliphatic rings. The zero-order valence-corrected chi connectivity index (χ0v) is 22.3. The van der Waals surface area contributed by atoms with Gasteiger partial charge in [0.1, 0.15) is 12.2 Å². The van der Waals surface area contributed by atoms with Crippen LogP contribution in [0.5, 0.6) is 0 Å². The zero-order chi connectivity index (χ0) is 25.7. The Morgan fingerprint density at radius 2 is 1.89 bits per heavy atom. The molecule has 0 saturated heterocycles. The molecule has 6 nitrogen and oxygen atoms in total. The Bertz CT molecular complexity index is 1120. The van der Waals surface area contributed by atoms with Crippen LogP contribution in [-0.2, 0) is 14.3 Å². The van der Waals surface area contributed by atoms with Gasteiger partial charge in [-0.1, -0.05) is 29.8 Å². The summed E-state index contributed by atoms with van der Waals surface area (Å²) in [5.74, 6) is 1.12. The molecule has 0 bridgehead atoms. The maximum atomic E-state index is 13.6. The van der Waals surface area contributed by atoms with Crippen LogP contribution in [0.4, 0.5) is 5.69 Å². The van der Waals surface area contributed by atoms with Crippen LogP contribution >= 0.6 is 0 Å². The van der Waals surface area contributed by atoms with Gasteiger partial charge in [-0.25, -0.2) is 0 Å². The number of ether oxygens (including phenoxy) is 2. The van der Waals surface area contributed by atoms with E-state index >= 15 is 0 Å². The van der Waals surface area contributed by atoms with Gasteiger partial charge in [-0.3, -0.25) is 4.79 Å². The lowest BCUT2D eigenvalue weighted by atomic mass is 9.50. The predicted octanol–water partition coefficient (Wildman–Crippen LogP) is 5.51. The molecule has 5 atom stereocenters. The Labute approximate surface area is 215 Å². The number of Topliss-reactive ketones (excluding diaryl/α,β-unsaturated/α-hetero) is 1. The minimum atomic E-state index is -0.814. The van der Waals surface area contributed by atoms with Gasteiger partial charge in [-0.2, -0.15) is 0 Å². The fourth-order valence-corrected chi connectivity index (χ4v) is 8.20. The van der Waals surface area contributed by atoms with Crippen LogP contribution in [0, 0.1) is 17.3 Å². The minimum absolute atomic E-state index is 0.0770. The van der Waals surface area contributed by atoms with Gasteiger partial charge in [0.25, 0.3) is 0 Å². The molecule has 1 aromatic rings. The summed E-state index contributed by atoms with van der Waals surface area (Å²) >= 11 is 0. The van der Waals surface area contributed by atoms with E-state index < -0.39 is 5.60 Å². The zero-order valence-electron chi connectivity index (χ0n) is 22.3. The van der Waals surface area contributed by atoms with E-state index in [1.165, 1.54) is 22.4 Å². The molecule has 1 N–H and O–H groups in total.